The molecular formula is C15H28N4O. The molecule has 2 unspecified atom stereocenters. The molecule has 5 nitrogen and oxygen atoms in total. The first-order valence-electron chi connectivity index (χ1n) is 7.79. The van der Waals surface area contributed by atoms with Gasteiger partial charge in [0.2, 0.25) is 5.89 Å². The van der Waals surface area contributed by atoms with Gasteiger partial charge >= 0.3 is 0 Å². The summed E-state index contributed by atoms with van der Waals surface area (Å²) in [6.07, 6.45) is 3.56. The summed E-state index contributed by atoms with van der Waals surface area (Å²) in [5.74, 6) is 2.14. The van der Waals surface area contributed by atoms with Crippen molar-refractivity contribution in [3.05, 3.63) is 12.2 Å². The van der Waals surface area contributed by atoms with E-state index in [0.717, 1.165) is 37.9 Å². The molecule has 0 bridgehead atoms. The van der Waals surface area contributed by atoms with Gasteiger partial charge in [-0.15, -0.1) is 0 Å². The average Bonchev–Trinajstić information content (AvgIpc) is 2.88. The SMILES string of the molecule is CC(C)CC1CN(CCc2ncno2)C(C(C)C)CN1. The fourth-order valence-corrected chi connectivity index (χ4v) is 3.09. The normalized spacial score (nSPS) is 24.7. The second-order valence-corrected chi connectivity index (χ2v) is 6.63. The Hall–Kier alpha value is -0.940. The van der Waals surface area contributed by atoms with Crippen molar-refractivity contribution in [3.63, 3.8) is 0 Å². The Morgan fingerprint density at radius 3 is 2.80 bits per heavy atom. The Morgan fingerprint density at radius 1 is 1.40 bits per heavy atom. The van der Waals surface area contributed by atoms with Gasteiger partial charge in [0.25, 0.3) is 0 Å². The summed E-state index contributed by atoms with van der Waals surface area (Å²) in [5, 5.41) is 7.39. The molecule has 1 aliphatic heterocycles. The minimum absolute atomic E-state index is 0.598. The van der Waals surface area contributed by atoms with Crippen LogP contribution in [0.2, 0.25) is 0 Å². The first kappa shape index (κ1) is 15.4. The van der Waals surface area contributed by atoms with Gasteiger partial charge in [-0.1, -0.05) is 32.9 Å². The maximum Gasteiger partial charge on any atom is 0.227 e. The highest BCUT2D eigenvalue weighted by atomic mass is 16.5. The molecule has 2 atom stereocenters. The van der Waals surface area contributed by atoms with E-state index in [4.69, 9.17) is 4.52 Å². The Morgan fingerprint density at radius 2 is 2.20 bits per heavy atom. The molecule has 1 fully saturated rings. The summed E-state index contributed by atoms with van der Waals surface area (Å²) in [6.45, 7) is 12.4. The predicted octanol–water partition coefficient (Wildman–Crippen LogP) is 1.96. The van der Waals surface area contributed by atoms with Crippen molar-refractivity contribution in [1.82, 2.24) is 20.4 Å². The van der Waals surface area contributed by atoms with Crippen LogP contribution in [0.4, 0.5) is 0 Å². The number of hydrogen-bond donors (Lipinski definition) is 1. The van der Waals surface area contributed by atoms with Gasteiger partial charge in [-0.3, -0.25) is 4.90 Å². The second-order valence-electron chi connectivity index (χ2n) is 6.63. The predicted molar refractivity (Wildman–Crippen MR) is 79.4 cm³/mol. The summed E-state index contributed by atoms with van der Waals surface area (Å²) in [6, 6.07) is 1.20. The minimum atomic E-state index is 0.598. The fraction of sp³-hybridized carbons (Fsp3) is 0.867. The monoisotopic (exact) mass is 280 g/mol. The Balaban J connectivity index is 1.92. The van der Waals surface area contributed by atoms with Gasteiger partial charge in [-0.25, -0.2) is 0 Å². The van der Waals surface area contributed by atoms with Gasteiger partial charge in [-0.05, 0) is 18.3 Å². The zero-order valence-corrected chi connectivity index (χ0v) is 13.2. The lowest BCUT2D eigenvalue weighted by molar-refractivity contribution is 0.0910. The molecule has 2 rings (SSSR count). The molecule has 1 aromatic heterocycles. The third-order valence-electron chi connectivity index (χ3n) is 4.08. The van der Waals surface area contributed by atoms with Gasteiger partial charge in [0.05, 0.1) is 0 Å². The van der Waals surface area contributed by atoms with Gasteiger partial charge in [0.15, 0.2) is 6.33 Å². The lowest BCUT2D eigenvalue weighted by atomic mass is 9.95. The molecule has 0 aromatic carbocycles. The van der Waals surface area contributed by atoms with Crippen LogP contribution in [-0.2, 0) is 6.42 Å². The molecule has 5 heteroatoms. The van der Waals surface area contributed by atoms with Crippen molar-refractivity contribution in [2.24, 2.45) is 11.8 Å². The Labute approximate surface area is 122 Å². The molecule has 1 saturated heterocycles. The van der Waals surface area contributed by atoms with Crippen LogP contribution in [-0.4, -0.2) is 46.8 Å². The van der Waals surface area contributed by atoms with Crippen molar-refractivity contribution in [2.75, 3.05) is 19.6 Å². The highest BCUT2D eigenvalue weighted by Crippen LogP contribution is 2.18. The molecule has 0 saturated carbocycles. The Kier molecular flexibility index (Phi) is 5.54. The molecule has 0 aliphatic carbocycles. The second kappa shape index (κ2) is 7.18. The Bertz CT molecular complexity index is 377. The van der Waals surface area contributed by atoms with Gasteiger partial charge < -0.3 is 9.84 Å². The third kappa shape index (κ3) is 4.28. The van der Waals surface area contributed by atoms with Crippen LogP contribution < -0.4 is 5.32 Å². The fourth-order valence-electron chi connectivity index (χ4n) is 3.09. The van der Waals surface area contributed by atoms with Gasteiger partial charge in [0, 0.05) is 38.1 Å². The zero-order chi connectivity index (χ0) is 14.5. The van der Waals surface area contributed by atoms with Gasteiger partial charge in [0.1, 0.15) is 0 Å². The first-order chi connectivity index (χ1) is 9.56. The summed E-state index contributed by atoms with van der Waals surface area (Å²) >= 11 is 0. The topological polar surface area (TPSA) is 54.2 Å². The van der Waals surface area contributed by atoms with Crippen molar-refractivity contribution in [2.45, 2.75) is 52.6 Å². The standard InChI is InChI=1S/C15H28N4O/c1-11(2)7-13-9-19(14(8-16-13)12(3)4)6-5-15-17-10-18-20-15/h10-14,16H,5-9H2,1-4H3. The van der Waals surface area contributed by atoms with Crippen LogP contribution in [0.15, 0.2) is 10.9 Å². The number of nitrogens with one attached hydrogen (secondary N) is 1. The number of nitrogens with zero attached hydrogens (tertiary/aromatic N) is 3. The molecule has 114 valence electrons. The summed E-state index contributed by atoms with van der Waals surface area (Å²) < 4.78 is 5.11. The number of hydrogen-bond acceptors (Lipinski definition) is 5. The highest BCUT2D eigenvalue weighted by Gasteiger charge is 2.29. The van der Waals surface area contributed by atoms with E-state index in [1.54, 1.807) is 0 Å². The van der Waals surface area contributed by atoms with Crippen molar-refractivity contribution in [1.29, 1.82) is 0 Å². The van der Waals surface area contributed by atoms with Crippen LogP contribution in [0, 0.1) is 11.8 Å². The number of aromatic nitrogens is 2. The average molecular weight is 280 g/mol. The molecule has 1 N–H and O–H groups in total. The van der Waals surface area contributed by atoms with E-state index in [9.17, 15) is 0 Å². The minimum Gasteiger partial charge on any atom is -0.340 e. The lowest BCUT2D eigenvalue weighted by Crippen LogP contribution is -2.58. The van der Waals surface area contributed by atoms with E-state index in [2.05, 4.69) is 48.1 Å². The maximum absolute atomic E-state index is 5.11. The van der Waals surface area contributed by atoms with Crippen molar-refractivity contribution >= 4 is 0 Å². The zero-order valence-electron chi connectivity index (χ0n) is 13.2. The maximum atomic E-state index is 5.11. The van der Waals surface area contributed by atoms with E-state index in [1.165, 1.54) is 12.7 Å². The quantitative estimate of drug-likeness (QED) is 0.863. The molecule has 0 spiro atoms. The van der Waals surface area contributed by atoms with Crippen LogP contribution >= 0.6 is 0 Å². The molecule has 0 amide bonds. The molecular weight excluding hydrogens is 252 g/mol. The number of piperazine rings is 1. The smallest absolute Gasteiger partial charge is 0.227 e. The summed E-state index contributed by atoms with van der Waals surface area (Å²) in [5.41, 5.74) is 0. The van der Waals surface area contributed by atoms with E-state index in [1.807, 2.05) is 0 Å². The van der Waals surface area contributed by atoms with Gasteiger partial charge in [-0.2, -0.15) is 4.98 Å². The van der Waals surface area contributed by atoms with Crippen LogP contribution in [0.3, 0.4) is 0 Å². The largest absolute Gasteiger partial charge is 0.340 e. The first-order valence-corrected chi connectivity index (χ1v) is 7.79. The molecule has 0 radical (unpaired) electrons. The summed E-state index contributed by atoms with van der Waals surface area (Å²) in [7, 11) is 0. The molecule has 1 aromatic rings. The van der Waals surface area contributed by atoms with Crippen LogP contribution in [0.25, 0.3) is 0 Å². The van der Waals surface area contributed by atoms with E-state index >= 15 is 0 Å². The van der Waals surface area contributed by atoms with E-state index in [-0.39, 0.29) is 0 Å². The van der Waals surface area contributed by atoms with E-state index < -0.39 is 0 Å². The highest BCUT2D eigenvalue weighted by molar-refractivity contribution is 4.89. The van der Waals surface area contributed by atoms with Crippen molar-refractivity contribution in [3.8, 4) is 0 Å². The third-order valence-corrected chi connectivity index (χ3v) is 4.08. The molecule has 20 heavy (non-hydrogen) atoms. The number of rotatable bonds is 6. The summed E-state index contributed by atoms with van der Waals surface area (Å²) in [4.78, 5) is 6.71. The van der Waals surface area contributed by atoms with Crippen LogP contribution in [0.5, 0.6) is 0 Å². The lowest BCUT2D eigenvalue weighted by Gasteiger charge is -2.42. The van der Waals surface area contributed by atoms with E-state index in [0.29, 0.717) is 18.0 Å². The molecule has 1 aliphatic rings. The molecule has 2 heterocycles. The van der Waals surface area contributed by atoms with Crippen LogP contribution in [0.1, 0.15) is 40.0 Å². The van der Waals surface area contributed by atoms with Crippen molar-refractivity contribution < 1.29 is 4.52 Å².